The van der Waals surface area contributed by atoms with Crippen LogP contribution in [0.25, 0.3) is 11.5 Å². The second-order valence-corrected chi connectivity index (χ2v) is 6.49. The first-order chi connectivity index (χ1) is 13.9. The van der Waals surface area contributed by atoms with Gasteiger partial charge in [0.25, 0.3) is 0 Å². The molecule has 1 fully saturated rings. The fourth-order valence-electron chi connectivity index (χ4n) is 3.17. The highest BCUT2D eigenvalue weighted by atomic mass is 16.5. The van der Waals surface area contributed by atoms with Crippen molar-refractivity contribution < 1.29 is 33.7 Å². The van der Waals surface area contributed by atoms with Crippen molar-refractivity contribution in [3.63, 3.8) is 0 Å². The average Bonchev–Trinajstić information content (AvgIpc) is 3.14. The molecule has 2 aromatic rings. The first-order valence-electron chi connectivity index (χ1n) is 8.97. The average molecular weight is 406 g/mol. The molecular weight excluding hydrogens is 384 g/mol. The maximum absolute atomic E-state index is 11.5. The molecule has 0 saturated carbocycles. The number of aryl methyl sites for hydroxylation is 1. The normalized spacial score (nSPS) is 16.6. The van der Waals surface area contributed by atoms with E-state index in [0.29, 0.717) is 35.3 Å². The Morgan fingerprint density at radius 2 is 2.00 bits per heavy atom. The Bertz CT molecular complexity index is 885. The molecule has 1 saturated heterocycles. The standard InChI is InChI=1S/C18H22N4O7/c1-11-19-20-16(29-11)12-3-4-14(27-2)15(9-12)28-8-5-13-10-21(17(23)24)6-7-22(13)18(25)26/h3-4,9,13H,5-8,10H2,1-2H3,(H,23,24)(H,25,26)/t13-/m1/s1. The van der Waals surface area contributed by atoms with E-state index < -0.39 is 18.2 Å². The van der Waals surface area contributed by atoms with Crippen LogP contribution in [0.1, 0.15) is 12.3 Å². The van der Waals surface area contributed by atoms with Crippen molar-refractivity contribution in [3.8, 4) is 23.0 Å². The van der Waals surface area contributed by atoms with Gasteiger partial charge in [0.05, 0.1) is 19.8 Å². The summed E-state index contributed by atoms with van der Waals surface area (Å²) in [5.41, 5.74) is 0.656. The SMILES string of the molecule is COc1ccc(-c2nnc(C)o2)cc1OCC[C@@H]1CN(C(=O)O)CCN1C(=O)O. The molecule has 2 N–H and O–H groups in total. The van der Waals surface area contributed by atoms with Crippen molar-refractivity contribution in [1.82, 2.24) is 20.0 Å². The second kappa shape index (κ2) is 8.67. The lowest BCUT2D eigenvalue weighted by atomic mass is 10.1. The number of hydrogen-bond acceptors (Lipinski definition) is 7. The summed E-state index contributed by atoms with van der Waals surface area (Å²) in [6, 6.07) is 4.67. The predicted molar refractivity (Wildman–Crippen MR) is 99.3 cm³/mol. The van der Waals surface area contributed by atoms with E-state index in [9.17, 15) is 19.8 Å². The Kier molecular flexibility index (Phi) is 6.05. The van der Waals surface area contributed by atoms with Crippen molar-refractivity contribution >= 4 is 12.2 Å². The van der Waals surface area contributed by atoms with Gasteiger partial charge in [0.15, 0.2) is 11.5 Å². The van der Waals surface area contributed by atoms with Gasteiger partial charge in [0.2, 0.25) is 11.8 Å². The van der Waals surface area contributed by atoms with Gasteiger partial charge < -0.3 is 33.9 Å². The zero-order chi connectivity index (χ0) is 21.0. The highest BCUT2D eigenvalue weighted by Gasteiger charge is 2.32. The molecule has 0 aliphatic carbocycles. The second-order valence-electron chi connectivity index (χ2n) is 6.49. The van der Waals surface area contributed by atoms with Gasteiger partial charge in [-0.3, -0.25) is 0 Å². The molecule has 156 valence electrons. The predicted octanol–water partition coefficient (Wildman–Crippen LogP) is 2.16. The van der Waals surface area contributed by atoms with Crippen molar-refractivity contribution in [2.45, 2.75) is 19.4 Å². The number of aromatic nitrogens is 2. The summed E-state index contributed by atoms with van der Waals surface area (Å²) >= 11 is 0. The number of carboxylic acid groups (broad SMARTS) is 2. The highest BCUT2D eigenvalue weighted by molar-refractivity contribution is 5.68. The Balaban J connectivity index is 1.69. The van der Waals surface area contributed by atoms with Crippen LogP contribution in [0.5, 0.6) is 11.5 Å². The summed E-state index contributed by atoms with van der Waals surface area (Å²) in [5.74, 6) is 1.72. The van der Waals surface area contributed by atoms with Gasteiger partial charge in [-0.2, -0.15) is 0 Å². The Morgan fingerprint density at radius 1 is 1.21 bits per heavy atom. The summed E-state index contributed by atoms with van der Waals surface area (Å²) in [6.07, 6.45) is -1.82. The number of amides is 2. The van der Waals surface area contributed by atoms with Crippen LogP contribution in [-0.4, -0.2) is 81.8 Å². The molecule has 2 amide bonds. The van der Waals surface area contributed by atoms with Gasteiger partial charge in [-0.15, -0.1) is 10.2 Å². The smallest absolute Gasteiger partial charge is 0.407 e. The number of methoxy groups -OCH3 is 1. The van der Waals surface area contributed by atoms with Gasteiger partial charge in [0, 0.05) is 38.5 Å². The molecule has 1 aromatic carbocycles. The van der Waals surface area contributed by atoms with Crippen molar-refractivity contribution in [1.29, 1.82) is 0 Å². The van der Waals surface area contributed by atoms with Crippen molar-refractivity contribution in [3.05, 3.63) is 24.1 Å². The molecule has 3 rings (SSSR count). The third-order valence-corrected chi connectivity index (χ3v) is 4.64. The molecule has 11 heteroatoms. The molecule has 11 nitrogen and oxygen atoms in total. The van der Waals surface area contributed by atoms with Gasteiger partial charge in [-0.1, -0.05) is 0 Å². The van der Waals surface area contributed by atoms with Gasteiger partial charge in [0.1, 0.15) is 0 Å². The fourth-order valence-corrected chi connectivity index (χ4v) is 3.17. The Labute approximate surface area is 166 Å². The fraction of sp³-hybridized carbons (Fsp3) is 0.444. The topological polar surface area (TPSA) is 138 Å². The van der Waals surface area contributed by atoms with Gasteiger partial charge in [-0.05, 0) is 18.2 Å². The molecule has 0 radical (unpaired) electrons. The molecule has 1 atom stereocenters. The third-order valence-electron chi connectivity index (χ3n) is 4.64. The van der Waals surface area contributed by atoms with E-state index in [0.717, 1.165) is 0 Å². The minimum atomic E-state index is -1.08. The first kappa shape index (κ1) is 20.2. The van der Waals surface area contributed by atoms with Crippen molar-refractivity contribution in [2.75, 3.05) is 33.4 Å². The lowest BCUT2D eigenvalue weighted by Crippen LogP contribution is -2.56. The number of carbonyl (C=O) groups is 2. The van der Waals surface area contributed by atoms with Crippen LogP contribution >= 0.6 is 0 Å². The van der Waals surface area contributed by atoms with E-state index in [1.54, 1.807) is 25.1 Å². The number of ether oxygens (including phenoxy) is 2. The Morgan fingerprint density at radius 3 is 2.62 bits per heavy atom. The lowest BCUT2D eigenvalue weighted by Gasteiger charge is -2.38. The summed E-state index contributed by atoms with van der Waals surface area (Å²) in [7, 11) is 1.51. The number of rotatable bonds is 6. The highest BCUT2D eigenvalue weighted by Crippen LogP contribution is 2.32. The minimum Gasteiger partial charge on any atom is -0.493 e. The van der Waals surface area contributed by atoms with Crippen LogP contribution in [0.15, 0.2) is 22.6 Å². The molecule has 0 bridgehead atoms. The molecule has 29 heavy (non-hydrogen) atoms. The minimum absolute atomic E-state index is 0.101. The molecule has 1 aliphatic rings. The zero-order valence-electron chi connectivity index (χ0n) is 16.1. The van der Waals surface area contributed by atoms with E-state index in [2.05, 4.69) is 10.2 Å². The molecular formula is C18H22N4O7. The lowest BCUT2D eigenvalue weighted by molar-refractivity contribution is 0.0561. The number of piperazine rings is 1. The largest absolute Gasteiger partial charge is 0.493 e. The number of hydrogen-bond donors (Lipinski definition) is 2. The van der Waals surface area contributed by atoms with Crippen molar-refractivity contribution in [2.24, 2.45) is 0 Å². The van der Waals surface area contributed by atoms with E-state index >= 15 is 0 Å². The van der Waals surface area contributed by atoms with E-state index in [1.165, 1.54) is 16.9 Å². The first-order valence-corrected chi connectivity index (χ1v) is 8.97. The van der Waals surface area contributed by atoms with Crippen LogP contribution in [0.3, 0.4) is 0 Å². The molecule has 0 unspecified atom stereocenters. The monoisotopic (exact) mass is 406 g/mol. The number of nitrogens with zero attached hydrogens (tertiary/aromatic N) is 4. The van der Waals surface area contributed by atoms with E-state index in [-0.39, 0.29) is 26.2 Å². The molecule has 0 spiro atoms. The molecule has 2 heterocycles. The molecule has 1 aliphatic heterocycles. The zero-order valence-corrected chi connectivity index (χ0v) is 16.1. The van der Waals surface area contributed by atoms with Crippen LogP contribution < -0.4 is 9.47 Å². The van der Waals surface area contributed by atoms with E-state index in [1.807, 2.05) is 0 Å². The Hall–Kier alpha value is -3.50. The summed E-state index contributed by atoms with van der Waals surface area (Å²) < 4.78 is 16.6. The van der Waals surface area contributed by atoms with Crippen LogP contribution in [-0.2, 0) is 0 Å². The van der Waals surface area contributed by atoms with Crippen LogP contribution in [0.4, 0.5) is 9.59 Å². The van der Waals surface area contributed by atoms with Gasteiger partial charge >= 0.3 is 12.2 Å². The summed E-state index contributed by atoms with van der Waals surface area (Å²) in [4.78, 5) is 25.1. The number of benzene rings is 1. The maximum Gasteiger partial charge on any atom is 0.407 e. The molecule has 1 aromatic heterocycles. The summed E-state index contributed by atoms with van der Waals surface area (Å²) in [5, 5.41) is 26.3. The van der Waals surface area contributed by atoms with Crippen LogP contribution in [0.2, 0.25) is 0 Å². The van der Waals surface area contributed by atoms with Crippen LogP contribution in [0, 0.1) is 6.92 Å². The summed E-state index contributed by atoms with van der Waals surface area (Å²) in [6.45, 7) is 2.24. The third kappa shape index (κ3) is 4.68. The van der Waals surface area contributed by atoms with E-state index in [4.69, 9.17) is 13.9 Å². The maximum atomic E-state index is 11.5. The van der Waals surface area contributed by atoms with Gasteiger partial charge in [-0.25, -0.2) is 9.59 Å². The quantitative estimate of drug-likeness (QED) is 0.739.